The van der Waals surface area contributed by atoms with Crippen LogP contribution < -0.4 is 5.73 Å². The zero-order valence-electron chi connectivity index (χ0n) is 12.2. The lowest BCUT2D eigenvalue weighted by Gasteiger charge is -2.42. The van der Waals surface area contributed by atoms with Crippen LogP contribution in [0.2, 0.25) is 0 Å². The summed E-state index contributed by atoms with van der Waals surface area (Å²) in [6.07, 6.45) is 0.790. The quantitative estimate of drug-likeness (QED) is 0.754. The molecule has 1 heterocycles. The average Bonchev–Trinajstić information content (AvgIpc) is 2.22. The molecule has 0 spiro atoms. The number of esters is 1. The number of carbonyl (C=O) groups is 1. The topological polar surface area (TPSA) is 64.8 Å². The van der Waals surface area contributed by atoms with E-state index < -0.39 is 5.54 Å². The Morgan fingerprint density at radius 2 is 2.22 bits per heavy atom. The van der Waals surface area contributed by atoms with Crippen LogP contribution >= 0.6 is 0 Å². The van der Waals surface area contributed by atoms with Crippen molar-refractivity contribution >= 4 is 5.97 Å². The molecule has 0 bridgehead atoms. The summed E-state index contributed by atoms with van der Waals surface area (Å²) in [6.45, 7) is 10.5. The number of nitrogens with zero attached hydrogens (tertiary/aromatic N) is 1. The molecular formula is C13H26N2O3. The maximum atomic E-state index is 11.5. The first kappa shape index (κ1) is 15.4. The van der Waals surface area contributed by atoms with E-state index in [2.05, 4.69) is 25.7 Å². The summed E-state index contributed by atoms with van der Waals surface area (Å²) in [6, 6.07) is 0. The molecule has 5 heteroatoms. The van der Waals surface area contributed by atoms with E-state index in [-0.39, 0.29) is 17.7 Å². The fourth-order valence-electron chi connectivity index (χ4n) is 2.48. The van der Waals surface area contributed by atoms with E-state index in [0.717, 1.165) is 19.6 Å². The van der Waals surface area contributed by atoms with E-state index in [4.69, 9.17) is 15.2 Å². The number of hydrogen-bond acceptors (Lipinski definition) is 5. The zero-order valence-corrected chi connectivity index (χ0v) is 12.2. The Labute approximate surface area is 110 Å². The summed E-state index contributed by atoms with van der Waals surface area (Å²) in [5, 5.41) is 0. The Bertz CT molecular complexity index is 303. The first-order chi connectivity index (χ1) is 8.16. The van der Waals surface area contributed by atoms with Crippen molar-refractivity contribution in [2.75, 3.05) is 26.7 Å². The number of hydrogen-bond donors (Lipinski definition) is 1. The molecule has 0 aromatic rings. The third-order valence-electron chi connectivity index (χ3n) is 3.24. The molecule has 0 aromatic carbocycles. The van der Waals surface area contributed by atoms with Crippen LogP contribution in [0.5, 0.6) is 0 Å². The van der Waals surface area contributed by atoms with E-state index in [0.29, 0.717) is 6.42 Å². The number of rotatable bonds is 4. The van der Waals surface area contributed by atoms with Gasteiger partial charge in [0.25, 0.3) is 0 Å². The molecule has 106 valence electrons. The molecule has 2 unspecified atom stereocenters. The largest absolute Gasteiger partial charge is 0.468 e. The number of methoxy groups -OCH3 is 1. The standard InChI is InChI=1S/C13H26N2O3/c1-10-8-15(9-12(2,3)18-10)7-6-13(4,14)11(16)17-5/h10H,6-9,14H2,1-5H3. The van der Waals surface area contributed by atoms with Crippen molar-refractivity contribution in [1.82, 2.24) is 4.90 Å². The van der Waals surface area contributed by atoms with Crippen LogP contribution in [0.4, 0.5) is 0 Å². The van der Waals surface area contributed by atoms with Crippen LogP contribution in [0, 0.1) is 0 Å². The molecule has 2 N–H and O–H groups in total. The van der Waals surface area contributed by atoms with Crippen molar-refractivity contribution in [2.24, 2.45) is 5.73 Å². The summed E-state index contributed by atoms with van der Waals surface area (Å²) in [4.78, 5) is 13.8. The Morgan fingerprint density at radius 1 is 1.61 bits per heavy atom. The third kappa shape index (κ3) is 4.23. The molecule has 0 aromatic heterocycles. The minimum Gasteiger partial charge on any atom is -0.468 e. The van der Waals surface area contributed by atoms with Gasteiger partial charge in [0.05, 0.1) is 18.8 Å². The van der Waals surface area contributed by atoms with Gasteiger partial charge in [0, 0.05) is 19.6 Å². The van der Waals surface area contributed by atoms with Gasteiger partial charge >= 0.3 is 5.97 Å². The molecule has 2 atom stereocenters. The lowest BCUT2D eigenvalue weighted by molar-refractivity contribution is -0.147. The highest BCUT2D eigenvalue weighted by Crippen LogP contribution is 2.21. The lowest BCUT2D eigenvalue weighted by Crippen LogP contribution is -2.54. The van der Waals surface area contributed by atoms with Crippen molar-refractivity contribution in [3.63, 3.8) is 0 Å². The smallest absolute Gasteiger partial charge is 0.325 e. The van der Waals surface area contributed by atoms with Gasteiger partial charge in [-0.25, -0.2) is 0 Å². The summed E-state index contributed by atoms with van der Waals surface area (Å²) in [5.74, 6) is -0.358. The molecule has 18 heavy (non-hydrogen) atoms. The van der Waals surface area contributed by atoms with E-state index in [1.165, 1.54) is 7.11 Å². The van der Waals surface area contributed by atoms with Crippen molar-refractivity contribution < 1.29 is 14.3 Å². The Balaban J connectivity index is 2.50. The average molecular weight is 258 g/mol. The van der Waals surface area contributed by atoms with Crippen LogP contribution in [0.3, 0.4) is 0 Å². The van der Waals surface area contributed by atoms with Crippen LogP contribution in [0.25, 0.3) is 0 Å². The zero-order chi connectivity index (χ0) is 14.0. The van der Waals surface area contributed by atoms with Crippen molar-refractivity contribution in [3.8, 4) is 0 Å². The molecular weight excluding hydrogens is 232 g/mol. The highest BCUT2D eigenvalue weighted by molar-refractivity contribution is 5.79. The second kappa shape index (κ2) is 5.55. The van der Waals surface area contributed by atoms with E-state index in [1.54, 1.807) is 6.92 Å². The van der Waals surface area contributed by atoms with E-state index in [9.17, 15) is 4.79 Å². The highest BCUT2D eigenvalue weighted by Gasteiger charge is 2.34. The number of carbonyl (C=O) groups excluding carboxylic acids is 1. The number of nitrogens with two attached hydrogens (primary N) is 1. The third-order valence-corrected chi connectivity index (χ3v) is 3.24. The van der Waals surface area contributed by atoms with Gasteiger partial charge in [0.2, 0.25) is 0 Å². The van der Waals surface area contributed by atoms with Crippen LogP contribution in [0.1, 0.15) is 34.1 Å². The van der Waals surface area contributed by atoms with Crippen molar-refractivity contribution in [1.29, 1.82) is 0 Å². The molecule has 0 saturated carbocycles. The van der Waals surface area contributed by atoms with Gasteiger partial charge in [0.1, 0.15) is 5.54 Å². The summed E-state index contributed by atoms with van der Waals surface area (Å²) < 4.78 is 10.5. The van der Waals surface area contributed by atoms with Gasteiger partial charge in [-0.3, -0.25) is 9.69 Å². The van der Waals surface area contributed by atoms with Gasteiger partial charge in [-0.15, -0.1) is 0 Å². The van der Waals surface area contributed by atoms with E-state index in [1.807, 2.05) is 0 Å². The van der Waals surface area contributed by atoms with Crippen LogP contribution in [-0.4, -0.2) is 54.9 Å². The number of ether oxygens (including phenoxy) is 2. The molecule has 1 aliphatic heterocycles. The Kier molecular flexibility index (Phi) is 4.75. The van der Waals surface area contributed by atoms with Gasteiger partial charge in [-0.1, -0.05) is 0 Å². The molecule has 1 aliphatic rings. The van der Waals surface area contributed by atoms with Crippen LogP contribution in [0.15, 0.2) is 0 Å². The SMILES string of the molecule is COC(=O)C(C)(N)CCN1CC(C)OC(C)(C)C1. The second-order valence-corrected chi connectivity index (χ2v) is 6.08. The predicted molar refractivity (Wildman–Crippen MR) is 70.3 cm³/mol. The minimum atomic E-state index is -0.916. The fraction of sp³-hybridized carbons (Fsp3) is 0.923. The predicted octanol–water partition coefficient (Wildman–Crippen LogP) is 0.766. The molecule has 0 radical (unpaired) electrons. The summed E-state index contributed by atoms with van der Waals surface area (Å²) in [7, 11) is 1.37. The molecule has 0 aliphatic carbocycles. The molecule has 1 fully saturated rings. The summed E-state index contributed by atoms with van der Waals surface area (Å²) >= 11 is 0. The second-order valence-electron chi connectivity index (χ2n) is 6.08. The van der Waals surface area contributed by atoms with Gasteiger partial charge in [0.15, 0.2) is 0 Å². The van der Waals surface area contributed by atoms with Crippen LogP contribution in [-0.2, 0) is 14.3 Å². The normalized spacial score (nSPS) is 27.6. The first-order valence-electron chi connectivity index (χ1n) is 6.44. The maximum Gasteiger partial charge on any atom is 0.325 e. The molecule has 0 amide bonds. The van der Waals surface area contributed by atoms with Crippen molar-refractivity contribution in [3.05, 3.63) is 0 Å². The van der Waals surface area contributed by atoms with Gasteiger partial charge in [-0.05, 0) is 34.1 Å². The van der Waals surface area contributed by atoms with Gasteiger partial charge in [-0.2, -0.15) is 0 Å². The Morgan fingerprint density at radius 3 is 2.72 bits per heavy atom. The molecule has 1 rings (SSSR count). The van der Waals surface area contributed by atoms with Gasteiger partial charge < -0.3 is 15.2 Å². The monoisotopic (exact) mass is 258 g/mol. The lowest BCUT2D eigenvalue weighted by atomic mass is 9.98. The highest BCUT2D eigenvalue weighted by atomic mass is 16.5. The minimum absolute atomic E-state index is 0.145. The number of morpholine rings is 1. The first-order valence-corrected chi connectivity index (χ1v) is 6.44. The van der Waals surface area contributed by atoms with Crippen molar-refractivity contribution in [2.45, 2.75) is 51.4 Å². The fourth-order valence-corrected chi connectivity index (χ4v) is 2.48. The molecule has 5 nitrogen and oxygen atoms in total. The Hall–Kier alpha value is -0.650. The maximum absolute atomic E-state index is 11.5. The molecule has 1 saturated heterocycles. The summed E-state index contributed by atoms with van der Waals surface area (Å²) in [5.41, 5.74) is 4.90. The van der Waals surface area contributed by atoms with E-state index >= 15 is 0 Å².